The predicted molar refractivity (Wildman–Crippen MR) is 74.0 cm³/mol. The van der Waals surface area contributed by atoms with Crippen molar-refractivity contribution in [3.63, 3.8) is 0 Å². The standard InChI is InChI=1S/C15H18N2O/c1-10(2)12-4-6-13(7-5-12)18-15-9-8-14(16)11(3)17-15/h4-10H,16H2,1-3H3. The lowest BCUT2D eigenvalue weighted by molar-refractivity contribution is 0.461. The van der Waals surface area contributed by atoms with Crippen molar-refractivity contribution in [2.24, 2.45) is 0 Å². The molecular formula is C15H18N2O. The third-order valence-electron chi connectivity index (χ3n) is 2.87. The van der Waals surface area contributed by atoms with Gasteiger partial charge in [-0.25, -0.2) is 4.98 Å². The molecule has 3 nitrogen and oxygen atoms in total. The lowest BCUT2D eigenvalue weighted by atomic mass is 10.0. The number of benzene rings is 1. The molecule has 0 aliphatic carbocycles. The summed E-state index contributed by atoms with van der Waals surface area (Å²) in [4.78, 5) is 4.28. The summed E-state index contributed by atoms with van der Waals surface area (Å²) in [5.41, 5.74) is 8.47. The van der Waals surface area contributed by atoms with Crippen molar-refractivity contribution < 1.29 is 4.74 Å². The van der Waals surface area contributed by atoms with Gasteiger partial charge in [-0.05, 0) is 36.6 Å². The van der Waals surface area contributed by atoms with Gasteiger partial charge < -0.3 is 10.5 Å². The average molecular weight is 242 g/mol. The predicted octanol–water partition coefficient (Wildman–Crippen LogP) is 3.89. The fraction of sp³-hybridized carbons (Fsp3) is 0.267. The van der Waals surface area contributed by atoms with Crippen molar-refractivity contribution in [1.82, 2.24) is 4.98 Å². The second kappa shape index (κ2) is 5.08. The lowest BCUT2D eigenvalue weighted by Crippen LogP contribution is -1.95. The Labute approximate surface area is 108 Å². The average Bonchev–Trinajstić information content (AvgIpc) is 2.34. The summed E-state index contributed by atoms with van der Waals surface area (Å²) in [6, 6.07) is 11.7. The number of hydrogen-bond acceptors (Lipinski definition) is 3. The number of nitrogens with zero attached hydrogens (tertiary/aromatic N) is 1. The molecule has 2 rings (SSSR count). The van der Waals surface area contributed by atoms with Crippen LogP contribution in [-0.4, -0.2) is 4.98 Å². The molecule has 2 N–H and O–H groups in total. The van der Waals surface area contributed by atoms with E-state index in [1.807, 2.05) is 19.1 Å². The first-order valence-electron chi connectivity index (χ1n) is 6.07. The van der Waals surface area contributed by atoms with Crippen LogP contribution in [0, 0.1) is 6.92 Å². The molecule has 0 saturated carbocycles. The number of nitrogens with two attached hydrogens (primary N) is 1. The van der Waals surface area contributed by atoms with Gasteiger partial charge in [0, 0.05) is 6.07 Å². The van der Waals surface area contributed by atoms with Gasteiger partial charge in [0.2, 0.25) is 5.88 Å². The van der Waals surface area contributed by atoms with Crippen molar-refractivity contribution >= 4 is 5.69 Å². The molecule has 0 atom stereocenters. The van der Waals surface area contributed by atoms with Crippen LogP contribution in [0.4, 0.5) is 5.69 Å². The molecule has 0 saturated heterocycles. The Bertz CT molecular complexity index is 533. The molecule has 0 aliphatic rings. The molecule has 0 radical (unpaired) electrons. The van der Waals surface area contributed by atoms with E-state index >= 15 is 0 Å². The number of hydrogen-bond donors (Lipinski definition) is 1. The number of nitrogen functional groups attached to an aromatic ring is 1. The Hall–Kier alpha value is -2.03. The molecule has 1 aromatic heterocycles. The van der Waals surface area contributed by atoms with Crippen LogP contribution in [0.1, 0.15) is 31.0 Å². The summed E-state index contributed by atoms with van der Waals surface area (Å²) < 4.78 is 5.68. The Balaban J connectivity index is 2.15. The summed E-state index contributed by atoms with van der Waals surface area (Å²) in [7, 11) is 0. The molecule has 0 bridgehead atoms. The largest absolute Gasteiger partial charge is 0.439 e. The van der Waals surface area contributed by atoms with Gasteiger partial charge in [0.25, 0.3) is 0 Å². The van der Waals surface area contributed by atoms with Gasteiger partial charge in [0.15, 0.2) is 0 Å². The first-order valence-corrected chi connectivity index (χ1v) is 6.07. The molecule has 0 unspecified atom stereocenters. The SMILES string of the molecule is Cc1nc(Oc2ccc(C(C)C)cc2)ccc1N. The van der Waals surface area contributed by atoms with Crippen LogP contribution in [-0.2, 0) is 0 Å². The zero-order chi connectivity index (χ0) is 13.1. The summed E-state index contributed by atoms with van der Waals surface area (Å²) >= 11 is 0. The molecule has 1 heterocycles. The van der Waals surface area contributed by atoms with E-state index in [0.29, 0.717) is 17.5 Å². The van der Waals surface area contributed by atoms with Crippen molar-refractivity contribution in [1.29, 1.82) is 0 Å². The number of pyridine rings is 1. The molecule has 0 aliphatic heterocycles. The zero-order valence-electron chi connectivity index (χ0n) is 11.0. The maximum atomic E-state index is 5.72. The lowest BCUT2D eigenvalue weighted by Gasteiger charge is -2.09. The summed E-state index contributed by atoms with van der Waals surface area (Å²) in [6.07, 6.45) is 0. The van der Waals surface area contributed by atoms with Crippen LogP contribution in [0.5, 0.6) is 11.6 Å². The summed E-state index contributed by atoms with van der Waals surface area (Å²) in [5.74, 6) is 1.88. The van der Waals surface area contributed by atoms with E-state index < -0.39 is 0 Å². The van der Waals surface area contributed by atoms with Crippen LogP contribution < -0.4 is 10.5 Å². The van der Waals surface area contributed by atoms with Gasteiger partial charge in [0.1, 0.15) is 5.75 Å². The van der Waals surface area contributed by atoms with Gasteiger partial charge in [0.05, 0.1) is 11.4 Å². The van der Waals surface area contributed by atoms with E-state index in [9.17, 15) is 0 Å². The number of anilines is 1. The first kappa shape index (κ1) is 12.4. The van der Waals surface area contributed by atoms with Crippen LogP contribution in [0.15, 0.2) is 36.4 Å². The first-order chi connectivity index (χ1) is 8.56. The third kappa shape index (κ3) is 2.80. The number of aromatic nitrogens is 1. The monoisotopic (exact) mass is 242 g/mol. The van der Waals surface area contributed by atoms with Crippen molar-refractivity contribution in [2.45, 2.75) is 26.7 Å². The van der Waals surface area contributed by atoms with Gasteiger partial charge in [-0.3, -0.25) is 0 Å². The van der Waals surface area contributed by atoms with Crippen molar-refractivity contribution in [3.05, 3.63) is 47.7 Å². The van der Waals surface area contributed by atoms with E-state index in [4.69, 9.17) is 10.5 Å². The van der Waals surface area contributed by atoms with E-state index in [1.54, 1.807) is 12.1 Å². The zero-order valence-corrected chi connectivity index (χ0v) is 11.0. The van der Waals surface area contributed by atoms with Gasteiger partial charge in [-0.2, -0.15) is 0 Å². The van der Waals surface area contributed by atoms with Gasteiger partial charge in [-0.1, -0.05) is 26.0 Å². The molecular weight excluding hydrogens is 224 g/mol. The maximum Gasteiger partial charge on any atom is 0.219 e. The molecule has 2 aromatic rings. The minimum absolute atomic E-state index is 0.524. The maximum absolute atomic E-state index is 5.72. The van der Waals surface area contributed by atoms with Crippen LogP contribution >= 0.6 is 0 Å². The molecule has 3 heteroatoms. The molecule has 1 aromatic carbocycles. The normalized spacial score (nSPS) is 10.7. The fourth-order valence-corrected chi connectivity index (χ4v) is 1.65. The highest BCUT2D eigenvalue weighted by atomic mass is 16.5. The Morgan fingerprint density at radius 1 is 1.06 bits per heavy atom. The van der Waals surface area contributed by atoms with E-state index in [2.05, 4.69) is 31.0 Å². The van der Waals surface area contributed by atoms with E-state index in [1.165, 1.54) is 5.56 Å². The highest BCUT2D eigenvalue weighted by molar-refractivity contribution is 5.44. The number of aryl methyl sites for hydroxylation is 1. The minimum atomic E-state index is 0.524. The van der Waals surface area contributed by atoms with Crippen molar-refractivity contribution in [3.8, 4) is 11.6 Å². The molecule has 0 amide bonds. The summed E-state index contributed by atoms with van der Waals surface area (Å²) in [5, 5.41) is 0. The molecule has 94 valence electrons. The highest BCUT2D eigenvalue weighted by Gasteiger charge is 2.03. The summed E-state index contributed by atoms with van der Waals surface area (Å²) in [6.45, 7) is 6.20. The third-order valence-corrected chi connectivity index (χ3v) is 2.87. The van der Waals surface area contributed by atoms with E-state index in [0.717, 1.165) is 11.4 Å². The quantitative estimate of drug-likeness (QED) is 0.888. The Morgan fingerprint density at radius 3 is 2.28 bits per heavy atom. The Morgan fingerprint density at radius 2 is 1.72 bits per heavy atom. The van der Waals surface area contributed by atoms with Crippen LogP contribution in [0.2, 0.25) is 0 Å². The smallest absolute Gasteiger partial charge is 0.219 e. The van der Waals surface area contributed by atoms with Crippen LogP contribution in [0.3, 0.4) is 0 Å². The fourth-order valence-electron chi connectivity index (χ4n) is 1.65. The highest BCUT2D eigenvalue weighted by Crippen LogP contribution is 2.23. The number of rotatable bonds is 3. The second-order valence-electron chi connectivity index (χ2n) is 4.65. The molecule has 0 spiro atoms. The van der Waals surface area contributed by atoms with Crippen LogP contribution in [0.25, 0.3) is 0 Å². The Kier molecular flexibility index (Phi) is 3.51. The topological polar surface area (TPSA) is 48.1 Å². The van der Waals surface area contributed by atoms with Gasteiger partial charge in [-0.15, -0.1) is 0 Å². The van der Waals surface area contributed by atoms with E-state index in [-0.39, 0.29) is 0 Å². The molecule has 18 heavy (non-hydrogen) atoms. The van der Waals surface area contributed by atoms with Gasteiger partial charge >= 0.3 is 0 Å². The minimum Gasteiger partial charge on any atom is -0.439 e. The molecule has 0 fully saturated rings. The second-order valence-corrected chi connectivity index (χ2v) is 4.65. The number of ether oxygens (including phenoxy) is 1. The van der Waals surface area contributed by atoms with Crippen molar-refractivity contribution in [2.75, 3.05) is 5.73 Å².